The van der Waals surface area contributed by atoms with E-state index in [1.165, 1.54) is 12.1 Å². The number of amides is 1. The molecule has 0 radical (unpaired) electrons. The number of nitrogens with one attached hydrogen (secondary N) is 2. The predicted octanol–water partition coefficient (Wildman–Crippen LogP) is 2.52. The maximum Gasteiger partial charge on any atom is 0.261 e. The molecule has 0 bridgehead atoms. The van der Waals surface area contributed by atoms with Crippen molar-refractivity contribution >= 4 is 43.2 Å². The van der Waals surface area contributed by atoms with Crippen LogP contribution in [0.15, 0.2) is 57.9 Å². The second kappa shape index (κ2) is 8.83. The first kappa shape index (κ1) is 19.8. The topological polar surface area (TPSA) is 87.7 Å². The summed E-state index contributed by atoms with van der Waals surface area (Å²) in [5, 5.41) is 2.81. The van der Waals surface area contributed by atoms with E-state index >= 15 is 0 Å². The average Bonchev–Trinajstić information content (AvgIpc) is 2.64. The summed E-state index contributed by atoms with van der Waals surface area (Å²) in [6.07, 6.45) is 0. The molecule has 0 saturated carbocycles. The van der Waals surface area contributed by atoms with Gasteiger partial charge in [0.25, 0.3) is 10.0 Å². The molecular formula is C18H20BrN3O4S. The Morgan fingerprint density at radius 1 is 1.07 bits per heavy atom. The van der Waals surface area contributed by atoms with Crippen molar-refractivity contribution in [1.29, 1.82) is 0 Å². The average molecular weight is 454 g/mol. The van der Waals surface area contributed by atoms with E-state index in [4.69, 9.17) is 4.74 Å². The van der Waals surface area contributed by atoms with Crippen molar-refractivity contribution < 1.29 is 17.9 Å². The second-order valence-corrected chi connectivity index (χ2v) is 8.67. The molecule has 2 aromatic carbocycles. The van der Waals surface area contributed by atoms with E-state index in [-0.39, 0.29) is 10.8 Å². The van der Waals surface area contributed by atoms with Crippen molar-refractivity contribution in [2.75, 3.05) is 42.9 Å². The number of ether oxygens (including phenoxy) is 1. The summed E-state index contributed by atoms with van der Waals surface area (Å²) in [6, 6.07) is 13.0. The zero-order chi connectivity index (χ0) is 19.3. The van der Waals surface area contributed by atoms with Crippen LogP contribution in [0.2, 0.25) is 0 Å². The molecular weight excluding hydrogens is 434 g/mol. The zero-order valence-electron chi connectivity index (χ0n) is 14.5. The highest BCUT2D eigenvalue weighted by molar-refractivity contribution is 9.10. The third kappa shape index (κ3) is 5.77. The zero-order valence-corrected chi connectivity index (χ0v) is 16.9. The highest BCUT2D eigenvalue weighted by Crippen LogP contribution is 2.21. The summed E-state index contributed by atoms with van der Waals surface area (Å²) >= 11 is 3.27. The molecule has 7 nitrogen and oxygen atoms in total. The number of carbonyl (C=O) groups excluding carboxylic acids is 1. The number of sulfonamides is 1. The lowest BCUT2D eigenvalue weighted by molar-refractivity contribution is -0.118. The fraction of sp³-hybridized carbons (Fsp3) is 0.278. The molecule has 1 aliphatic rings. The van der Waals surface area contributed by atoms with E-state index in [1.807, 2.05) is 4.90 Å². The Balaban J connectivity index is 1.59. The van der Waals surface area contributed by atoms with Crippen molar-refractivity contribution in [3.05, 3.63) is 53.0 Å². The fourth-order valence-corrected chi connectivity index (χ4v) is 4.29. The minimum Gasteiger partial charge on any atom is -0.379 e. The van der Waals surface area contributed by atoms with Crippen LogP contribution < -0.4 is 10.0 Å². The number of anilines is 2. The minimum absolute atomic E-state index is 0.112. The summed E-state index contributed by atoms with van der Waals surface area (Å²) in [7, 11) is -3.68. The maximum atomic E-state index is 12.4. The largest absolute Gasteiger partial charge is 0.379 e. The lowest BCUT2D eigenvalue weighted by Crippen LogP contribution is -2.41. The molecule has 2 aromatic rings. The van der Waals surface area contributed by atoms with Gasteiger partial charge in [-0.05, 0) is 42.5 Å². The fourth-order valence-electron chi connectivity index (χ4n) is 2.63. The first-order valence-electron chi connectivity index (χ1n) is 8.41. The molecule has 0 aliphatic carbocycles. The molecule has 0 spiro atoms. The van der Waals surface area contributed by atoms with Crippen LogP contribution in [0.1, 0.15) is 0 Å². The van der Waals surface area contributed by atoms with E-state index in [0.717, 1.165) is 13.1 Å². The van der Waals surface area contributed by atoms with E-state index in [2.05, 4.69) is 26.0 Å². The van der Waals surface area contributed by atoms with Gasteiger partial charge in [0, 0.05) is 28.9 Å². The number of morpholine rings is 1. The predicted molar refractivity (Wildman–Crippen MR) is 107 cm³/mol. The summed E-state index contributed by atoms with van der Waals surface area (Å²) in [5.74, 6) is -0.112. The number of rotatable bonds is 6. The van der Waals surface area contributed by atoms with Gasteiger partial charge in [0.2, 0.25) is 5.91 Å². The quantitative estimate of drug-likeness (QED) is 0.701. The Hall–Kier alpha value is -1.94. The maximum absolute atomic E-state index is 12.4. The Kier molecular flexibility index (Phi) is 6.48. The molecule has 2 N–H and O–H groups in total. The molecule has 1 amide bonds. The van der Waals surface area contributed by atoms with Gasteiger partial charge in [0.1, 0.15) is 0 Å². The summed E-state index contributed by atoms with van der Waals surface area (Å²) in [5.41, 5.74) is 1.03. The molecule has 1 heterocycles. The standard InChI is InChI=1S/C18H20BrN3O4S/c19-14-2-1-3-17(12-14)27(24,25)21-16-6-4-15(5-7-16)20-18(23)13-22-8-10-26-11-9-22/h1-7,12,21H,8-11,13H2,(H,20,23). The lowest BCUT2D eigenvalue weighted by atomic mass is 10.3. The Bertz CT molecular complexity index is 897. The molecule has 0 aromatic heterocycles. The summed E-state index contributed by atoms with van der Waals surface area (Å²) in [4.78, 5) is 14.3. The van der Waals surface area contributed by atoms with Crippen molar-refractivity contribution in [3.63, 3.8) is 0 Å². The van der Waals surface area contributed by atoms with Crippen LogP contribution in [0.4, 0.5) is 11.4 Å². The van der Waals surface area contributed by atoms with Gasteiger partial charge >= 0.3 is 0 Å². The van der Waals surface area contributed by atoms with Crippen molar-refractivity contribution in [2.24, 2.45) is 0 Å². The van der Waals surface area contributed by atoms with Crippen molar-refractivity contribution in [2.45, 2.75) is 4.90 Å². The smallest absolute Gasteiger partial charge is 0.261 e. The molecule has 1 saturated heterocycles. The van der Waals surface area contributed by atoms with Crippen molar-refractivity contribution in [1.82, 2.24) is 4.90 Å². The number of benzene rings is 2. The first-order chi connectivity index (χ1) is 12.9. The van der Waals surface area contributed by atoms with E-state index in [0.29, 0.717) is 35.6 Å². The van der Waals surface area contributed by atoms with Crippen LogP contribution in [0, 0.1) is 0 Å². The van der Waals surface area contributed by atoms with Crippen LogP contribution in [0.3, 0.4) is 0 Å². The van der Waals surface area contributed by atoms with Crippen LogP contribution in [0.25, 0.3) is 0 Å². The monoisotopic (exact) mass is 453 g/mol. The molecule has 3 rings (SSSR count). The minimum atomic E-state index is -3.68. The summed E-state index contributed by atoms with van der Waals surface area (Å²) in [6.45, 7) is 3.06. The highest BCUT2D eigenvalue weighted by Gasteiger charge is 2.16. The number of hydrogen-bond acceptors (Lipinski definition) is 5. The SMILES string of the molecule is O=C(CN1CCOCC1)Nc1ccc(NS(=O)(=O)c2cccc(Br)c2)cc1. The first-order valence-corrected chi connectivity index (χ1v) is 10.7. The van der Waals surface area contributed by atoms with Gasteiger partial charge in [0.05, 0.1) is 24.7 Å². The Morgan fingerprint density at radius 2 is 1.74 bits per heavy atom. The van der Waals surface area contributed by atoms with Crippen LogP contribution in [-0.4, -0.2) is 52.1 Å². The summed E-state index contributed by atoms with van der Waals surface area (Å²) < 4.78 is 33.3. The molecule has 0 unspecified atom stereocenters. The Labute approximate surface area is 166 Å². The molecule has 1 fully saturated rings. The van der Waals surface area contributed by atoms with Gasteiger partial charge in [-0.25, -0.2) is 8.42 Å². The highest BCUT2D eigenvalue weighted by atomic mass is 79.9. The second-order valence-electron chi connectivity index (χ2n) is 6.08. The number of carbonyl (C=O) groups is 1. The lowest BCUT2D eigenvalue weighted by Gasteiger charge is -2.25. The van der Waals surface area contributed by atoms with Crippen LogP contribution >= 0.6 is 15.9 Å². The molecule has 1 aliphatic heterocycles. The van der Waals surface area contributed by atoms with Gasteiger partial charge in [-0.3, -0.25) is 14.4 Å². The number of halogens is 1. The van der Waals surface area contributed by atoms with Crippen LogP contribution in [0.5, 0.6) is 0 Å². The molecule has 9 heteroatoms. The normalized spacial score (nSPS) is 15.3. The van der Waals surface area contributed by atoms with E-state index in [1.54, 1.807) is 36.4 Å². The molecule has 144 valence electrons. The van der Waals surface area contributed by atoms with Gasteiger partial charge in [-0.2, -0.15) is 0 Å². The van der Waals surface area contributed by atoms with Gasteiger partial charge in [-0.15, -0.1) is 0 Å². The Morgan fingerprint density at radius 3 is 2.41 bits per heavy atom. The number of nitrogens with zero attached hydrogens (tertiary/aromatic N) is 1. The van der Waals surface area contributed by atoms with Gasteiger partial charge < -0.3 is 10.1 Å². The van der Waals surface area contributed by atoms with Crippen molar-refractivity contribution in [3.8, 4) is 0 Å². The van der Waals surface area contributed by atoms with Gasteiger partial charge in [-0.1, -0.05) is 22.0 Å². The van der Waals surface area contributed by atoms with E-state index in [9.17, 15) is 13.2 Å². The third-order valence-corrected chi connectivity index (χ3v) is 5.87. The number of hydrogen-bond donors (Lipinski definition) is 2. The van der Waals surface area contributed by atoms with Crippen LogP contribution in [-0.2, 0) is 19.6 Å². The third-order valence-electron chi connectivity index (χ3n) is 4.00. The van der Waals surface area contributed by atoms with Gasteiger partial charge in [0.15, 0.2) is 0 Å². The molecule has 0 atom stereocenters. The van der Waals surface area contributed by atoms with E-state index < -0.39 is 10.0 Å². The molecule has 27 heavy (non-hydrogen) atoms.